The topological polar surface area (TPSA) is 22.1 Å². The Hall–Kier alpha value is -0.640. The van der Waals surface area contributed by atoms with Crippen LogP contribution in [0.1, 0.15) is 11.3 Å². The number of halogens is 2. The van der Waals surface area contributed by atoms with E-state index in [1.165, 1.54) is 7.11 Å². The second-order valence-corrected chi connectivity index (χ2v) is 3.18. The van der Waals surface area contributed by atoms with Crippen LogP contribution in [-0.4, -0.2) is 12.1 Å². The Morgan fingerprint density at radius 3 is 2.83 bits per heavy atom. The zero-order valence-corrected chi connectivity index (χ0v) is 8.48. The summed E-state index contributed by atoms with van der Waals surface area (Å²) >= 11 is 3.29. The summed E-state index contributed by atoms with van der Waals surface area (Å²) < 4.78 is 17.9. The fourth-order valence-corrected chi connectivity index (χ4v) is 1.26. The molecular weight excluding hydrogens is 225 g/mol. The Morgan fingerprint density at radius 1 is 1.67 bits per heavy atom. The Labute approximate surface area is 78.9 Å². The van der Waals surface area contributed by atoms with Gasteiger partial charge in [0.15, 0.2) is 0 Å². The first-order valence-corrected chi connectivity index (χ1v) is 4.24. The van der Waals surface area contributed by atoms with E-state index in [9.17, 15) is 4.39 Å². The lowest BCUT2D eigenvalue weighted by Gasteiger charge is -2.05. The van der Waals surface area contributed by atoms with Crippen molar-refractivity contribution < 1.29 is 9.13 Å². The summed E-state index contributed by atoms with van der Waals surface area (Å²) in [6.07, 6.45) is 0. The van der Waals surface area contributed by atoms with Crippen LogP contribution >= 0.6 is 15.9 Å². The highest BCUT2D eigenvalue weighted by Gasteiger charge is 2.06. The number of aromatic nitrogens is 1. The van der Waals surface area contributed by atoms with Gasteiger partial charge in [-0.05, 0) is 34.5 Å². The Kier molecular flexibility index (Phi) is 3.03. The predicted molar refractivity (Wildman–Crippen MR) is 48.0 cm³/mol. The van der Waals surface area contributed by atoms with E-state index in [-0.39, 0.29) is 0 Å². The average molecular weight is 234 g/mol. The van der Waals surface area contributed by atoms with Crippen LogP contribution in [0.2, 0.25) is 0 Å². The molecule has 0 aliphatic heterocycles. The zero-order valence-electron chi connectivity index (χ0n) is 6.90. The molecule has 0 aliphatic rings. The molecule has 0 fully saturated rings. The highest BCUT2D eigenvalue weighted by molar-refractivity contribution is 9.10. The van der Waals surface area contributed by atoms with Gasteiger partial charge in [-0.25, -0.2) is 9.37 Å². The lowest BCUT2D eigenvalue weighted by molar-refractivity contribution is 0.387. The molecule has 66 valence electrons. The summed E-state index contributed by atoms with van der Waals surface area (Å²) in [5, 5.41) is 0. The highest BCUT2D eigenvalue weighted by Crippen LogP contribution is 2.26. The minimum Gasteiger partial charge on any atom is -0.480 e. The Bertz CT molecular complexity index is 291. The number of hydrogen-bond acceptors (Lipinski definition) is 2. The van der Waals surface area contributed by atoms with E-state index in [1.54, 1.807) is 6.07 Å². The molecule has 1 rings (SSSR count). The molecule has 1 aromatic rings. The molecule has 4 heteroatoms. The van der Waals surface area contributed by atoms with E-state index in [4.69, 9.17) is 4.74 Å². The second kappa shape index (κ2) is 3.85. The standard InChI is InChI=1S/C8H9BrFNO/c1-5-3-6(4-10)11-8(12-2)7(5)9/h3H,4H2,1-2H3. The second-order valence-electron chi connectivity index (χ2n) is 2.39. The molecular formula is C8H9BrFNO. The number of methoxy groups -OCH3 is 1. The van der Waals surface area contributed by atoms with Crippen LogP contribution in [-0.2, 0) is 6.67 Å². The van der Waals surface area contributed by atoms with Gasteiger partial charge < -0.3 is 4.74 Å². The van der Waals surface area contributed by atoms with Crippen LogP contribution in [0.3, 0.4) is 0 Å². The number of aryl methyl sites for hydroxylation is 1. The van der Waals surface area contributed by atoms with Gasteiger partial charge in [0.1, 0.15) is 6.67 Å². The van der Waals surface area contributed by atoms with Crippen molar-refractivity contribution in [2.75, 3.05) is 7.11 Å². The number of hydrogen-bond donors (Lipinski definition) is 0. The highest BCUT2D eigenvalue weighted by atomic mass is 79.9. The van der Waals surface area contributed by atoms with E-state index < -0.39 is 6.67 Å². The van der Waals surface area contributed by atoms with E-state index in [0.29, 0.717) is 11.6 Å². The lowest BCUT2D eigenvalue weighted by atomic mass is 10.2. The molecule has 0 bridgehead atoms. The minimum atomic E-state index is -0.565. The van der Waals surface area contributed by atoms with Crippen molar-refractivity contribution in [1.82, 2.24) is 4.98 Å². The summed E-state index contributed by atoms with van der Waals surface area (Å²) in [6.45, 7) is 1.30. The summed E-state index contributed by atoms with van der Waals surface area (Å²) in [4.78, 5) is 3.93. The van der Waals surface area contributed by atoms with Crippen LogP contribution < -0.4 is 4.74 Å². The molecule has 0 amide bonds. The molecule has 2 nitrogen and oxygen atoms in total. The largest absolute Gasteiger partial charge is 0.480 e. The van der Waals surface area contributed by atoms with Crippen molar-refractivity contribution in [3.8, 4) is 5.88 Å². The Balaban J connectivity index is 3.19. The summed E-state index contributed by atoms with van der Waals surface area (Å²) in [5.74, 6) is 0.433. The van der Waals surface area contributed by atoms with Crippen LogP contribution in [0, 0.1) is 6.92 Å². The van der Waals surface area contributed by atoms with Gasteiger partial charge in [-0.3, -0.25) is 0 Å². The van der Waals surface area contributed by atoms with Gasteiger partial charge in [0.05, 0.1) is 17.3 Å². The Morgan fingerprint density at radius 2 is 2.33 bits per heavy atom. The number of nitrogens with zero attached hydrogens (tertiary/aromatic N) is 1. The molecule has 1 aromatic heterocycles. The fourth-order valence-electron chi connectivity index (χ4n) is 0.897. The van der Waals surface area contributed by atoms with Crippen LogP contribution in [0.25, 0.3) is 0 Å². The first kappa shape index (κ1) is 9.45. The average Bonchev–Trinajstić information content (AvgIpc) is 2.09. The predicted octanol–water partition coefficient (Wildman–Crippen LogP) is 2.63. The van der Waals surface area contributed by atoms with E-state index in [2.05, 4.69) is 20.9 Å². The molecule has 1 heterocycles. The van der Waals surface area contributed by atoms with Gasteiger partial charge in [0.2, 0.25) is 5.88 Å². The maximum absolute atomic E-state index is 12.2. The lowest BCUT2D eigenvalue weighted by Crippen LogP contribution is -1.95. The van der Waals surface area contributed by atoms with Crippen molar-refractivity contribution >= 4 is 15.9 Å². The number of alkyl halides is 1. The van der Waals surface area contributed by atoms with Crippen molar-refractivity contribution in [2.45, 2.75) is 13.6 Å². The van der Waals surface area contributed by atoms with Gasteiger partial charge in [-0.15, -0.1) is 0 Å². The molecule has 0 radical (unpaired) electrons. The maximum atomic E-state index is 12.2. The van der Waals surface area contributed by atoms with Crippen LogP contribution in [0.15, 0.2) is 10.5 Å². The zero-order chi connectivity index (χ0) is 9.14. The van der Waals surface area contributed by atoms with Crippen molar-refractivity contribution in [2.24, 2.45) is 0 Å². The van der Waals surface area contributed by atoms with Gasteiger partial charge in [0.25, 0.3) is 0 Å². The smallest absolute Gasteiger partial charge is 0.228 e. The summed E-state index contributed by atoms with van der Waals surface area (Å²) in [5.41, 5.74) is 1.32. The number of ether oxygens (including phenoxy) is 1. The molecule has 0 aromatic carbocycles. The van der Waals surface area contributed by atoms with E-state index >= 15 is 0 Å². The SMILES string of the molecule is COc1nc(CF)cc(C)c1Br. The van der Waals surface area contributed by atoms with Crippen molar-refractivity contribution in [3.63, 3.8) is 0 Å². The fraction of sp³-hybridized carbons (Fsp3) is 0.375. The maximum Gasteiger partial charge on any atom is 0.228 e. The van der Waals surface area contributed by atoms with E-state index in [0.717, 1.165) is 10.0 Å². The monoisotopic (exact) mass is 233 g/mol. The molecule has 0 saturated carbocycles. The third-order valence-corrected chi connectivity index (χ3v) is 2.46. The first-order valence-electron chi connectivity index (χ1n) is 3.45. The third-order valence-electron chi connectivity index (χ3n) is 1.49. The molecule has 0 spiro atoms. The van der Waals surface area contributed by atoms with Crippen LogP contribution in [0.4, 0.5) is 4.39 Å². The summed E-state index contributed by atoms with van der Waals surface area (Å²) in [7, 11) is 1.51. The third kappa shape index (κ3) is 1.75. The first-order chi connectivity index (χ1) is 5.69. The normalized spacial score (nSPS) is 10.0. The molecule has 12 heavy (non-hydrogen) atoms. The quantitative estimate of drug-likeness (QED) is 0.784. The van der Waals surface area contributed by atoms with Gasteiger partial charge in [-0.2, -0.15) is 0 Å². The van der Waals surface area contributed by atoms with Gasteiger partial charge in [0, 0.05) is 0 Å². The van der Waals surface area contributed by atoms with Gasteiger partial charge in [-0.1, -0.05) is 0 Å². The van der Waals surface area contributed by atoms with Gasteiger partial charge >= 0.3 is 0 Å². The van der Waals surface area contributed by atoms with Crippen molar-refractivity contribution in [3.05, 3.63) is 21.8 Å². The molecule has 0 N–H and O–H groups in total. The molecule has 0 unspecified atom stereocenters. The molecule has 0 saturated heterocycles. The molecule has 0 aliphatic carbocycles. The minimum absolute atomic E-state index is 0.396. The number of rotatable bonds is 2. The van der Waals surface area contributed by atoms with Crippen molar-refractivity contribution in [1.29, 1.82) is 0 Å². The summed E-state index contributed by atoms with van der Waals surface area (Å²) in [6, 6.07) is 1.69. The molecule has 0 atom stereocenters. The number of pyridine rings is 1. The van der Waals surface area contributed by atoms with Crippen LogP contribution in [0.5, 0.6) is 5.88 Å². The van der Waals surface area contributed by atoms with E-state index in [1.807, 2.05) is 6.92 Å².